The van der Waals surface area contributed by atoms with Gasteiger partial charge in [-0.2, -0.15) is 9.97 Å². The van der Waals surface area contributed by atoms with Crippen LogP contribution in [0.4, 0.5) is 5.82 Å². The van der Waals surface area contributed by atoms with Crippen LogP contribution in [0, 0.1) is 5.41 Å². The zero-order chi connectivity index (χ0) is 12.9. The van der Waals surface area contributed by atoms with E-state index in [-0.39, 0.29) is 22.8 Å². The monoisotopic (exact) mass is 267 g/mol. The minimum absolute atomic E-state index is 0.157. The van der Waals surface area contributed by atoms with Crippen LogP contribution in [0.5, 0.6) is 0 Å². The molecule has 0 aromatic carbocycles. The number of nitrogens with zero attached hydrogens (tertiary/aromatic N) is 3. The molecule has 1 fully saturated rings. The highest BCUT2D eigenvalue weighted by atomic mass is 35.5. The van der Waals surface area contributed by atoms with E-state index in [1.807, 2.05) is 13.8 Å². The first kappa shape index (κ1) is 11.7. The Morgan fingerprint density at radius 1 is 1.50 bits per heavy atom. The molecule has 2 atom stereocenters. The third-order valence-corrected chi connectivity index (χ3v) is 3.95. The maximum atomic E-state index is 9.73. The molecule has 0 saturated heterocycles. The van der Waals surface area contributed by atoms with E-state index in [1.165, 1.54) is 0 Å². The van der Waals surface area contributed by atoms with Gasteiger partial charge in [0, 0.05) is 11.5 Å². The van der Waals surface area contributed by atoms with Gasteiger partial charge in [0.1, 0.15) is 5.52 Å². The first-order valence-corrected chi connectivity index (χ1v) is 6.17. The number of fused-ring (bicyclic) bond motifs is 1. The average molecular weight is 268 g/mol. The fourth-order valence-corrected chi connectivity index (χ4v) is 2.39. The summed E-state index contributed by atoms with van der Waals surface area (Å²) in [5.41, 5.74) is 1.09. The summed E-state index contributed by atoms with van der Waals surface area (Å²) in [6.07, 6.45) is 1.97. The van der Waals surface area contributed by atoms with Crippen molar-refractivity contribution in [2.45, 2.75) is 32.4 Å². The number of imidazole rings is 1. The smallest absolute Gasteiger partial charge is 0.226 e. The number of halogens is 1. The molecule has 3 N–H and O–H groups in total. The molecule has 1 saturated carbocycles. The molecule has 0 radical (unpaired) electrons. The Bertz CT molecular complexity index is 596. The molecule has 2 aromatic rings. The van der Waals surface area contributed by atoms with Crippen molar-refractivity contribution in [3.63, 3.8) is 0 Å². The third kappa shape index (κ3) is 1.64. The second-order valence-corrected chi connectivity index (χ2v) is 5.55. The lowest BCUT2D eigenvalue weighted by molar-refractivity contribution is -0.0511. The number of aliphatic hydroxyl groups is 1. The van der Waals surface area contributed by atoms with Gasteiger partial charge in [-0.1, -0.05) is 13.8 Å². The van der Waals surface area contributed by atoms with E-state index in [2.05, 4.69) is 25.3 Å². The molecule has 1 aliphatic carbocycles. The normalized spacial score (nSPS) is 26.0. The van der Waals surface area contributed by atoms with Crippen molar-refractivity contribution in [3.05, 3.63) is 11.6 Å². The molecule has 18 heavy (non-hydrogen) atoms. The summed E-state index contributed by atoms with van der Waals surface area (Å²) in [5, 5.41) is 13.2. The van der Waals surface area contributed by atoms with E-state index in [0.29, 0.717) is 17.9 Å². The van der Waals surface area contributed by atoms with Crippen LogP contribution in [0.15, 0.2) is 6.33 Å². The van der Waals surface area contributed by atoms with Gasteiger partial charge in [0.25, 0.3) is 0 Å². The average Bonchev–Trinajstić information content (AvgIpc) is 2.76. The van der Waals surface area contributed by atoms with Crippen molar-refractivity contribution in [2.24, 2.45) is 5.41 Å². The Balaban J connectivity index is 1.93. The molecule has 1 aliphatic rings. The maximum Gasteiger partial charge on any atom is 0.226 e. The maximum absolute atomic E-state index is 9.73. The summed E-state index contributed by atoms with van der Waals surface area (Å²) >= 11 is 5.86. The third-order valence-electron chi connectivity index (χ3n) is 3.79. The van der Waals surface area contributed by atoms with Gasteiger partial charge in [0.2, 0.25) is 5.28 Å². The van der Waals surface area contributed by atoms with E-state index in [4.69, 9.17) is 11.6 Å². The lowest BCUT2D eigenvalue weighted by Crippen LogP contribution is -2.57. The van der Waals surface area contributed by atoms with E-state index >= 15 is 0 Å². The predicted octanol–water partition coefficient (Wildman–Crippen LogP) is 1.58. The Labute approximate surface area is 109 Å². The molecule has 7 heteroatoms. The molecule has 3 rings (SSSR count). The quantitative estimate of drug-likeness (QED) is 0.719. The number of nitrogens with one attached hydrogen (secondary N) is 2. The number of aromatic amines is 1. The van der Waals surface area contributed by atoms with Crippen LogP contribution in [-0.4, -0.2) is 37.2 Å². The molecule has 2 heterocycles. The van der Waals surface area contributed by atoms with Crippen LogP contribution < -0.4 is 5.32 Å². The first-order chi connectivity index (χ1) is 8.48. The zero-order valence-corrected chi connectivity index (χ0v) is 10.9. The molecule has 0 spiro atoms. The van der Waals surface area contributed by atoms with Gasteiger partial charge in [-0.3, -0.25) is 0 Å². The van der Waals surface area contributed by atoms with E-state index in [1.54, 1.807) is 6.33 Å². The topological polar surface area (TPSA) is 86.7 Å². The first-order valence-electron chi connectivity index (χ1n) is 5.79. The van der Waals surface area contributed by atoms with Crippen LogP contribution in [0.25, 0.3) is 11.2 Å². The lowest BCUT2D eigenvalue weighted by Gasteiger charge is -2.49. The van der Waals surface area contributed by atoms with Crippen molar-refractivity contribution >= 4 is 28.6 Å². The molecule has 6 nitrogen and oxygen atoms in total. The minimum atomic E-state index is -0.287. The highest BCUT2D eigenvalue weighted by molar-refractivity contribution is 6.28. The van der Waals surface area contributed by atoms with Crippen molar-refractivity contribution in [1.82, 2.24) is 19.9 Å². The fraction of sp³-hybridized carbons (Fsp3) is 0.545. The molecule has 0 aliphatic heterocycles. The Kier molecular flexibility index (Phi) is 2.46. The van der Waals surface area contributed by atoms with Gasteiger partial charge >= 0.3 is 0 Å². The Morgan fingerprint density at radius 2 is 2.28 bits per heavy atom. The molecule has 0 amide bonds. The van der Waals surface area contributed by atoms with Crippen molar-refractivity contribution in [2.75, 3.05) is 5.32 Å². The van der Waals surface area contributed by atoms with Gasteiger partial charge in [0.15, 0.2) is 11.5 Å². The number of hydrogen-bond donors (Lipinski definition) is 3. The van der Waals surface area contributed by atoms with E-state index < -0.39 is 0 Å². The summed E-state index contributed by atoms with van der Waals surface area (Å²) in [6.45, 7) is 4.04. The lowest BCUT2D eigenvalue weighted by atomic mass is 9.64. The highest BCUT2D eigenvalue weighted by Crippen LogP contribution is 2.42. The second-order valence-electron chi connectivity index (χ2n) is 5.21. The number of H-pyrrole nitrogens is 1. The zero-order valence-electron chi connectivity index (χ0n) is 10.1. The standard InChI is InChI=1S/C11H14ClN5O/c1-11(2)5(3-6(11)18)15-9-7-8(14-4-13-7)16-10(12)17-9/h4-6,18H,3H2,1-2H3,(H2,13,14,15,16,17). The van der Waals surface area contributed by atoms with Gasteiger partial charge < -0.3 is 15.4 Å². The SMILES string of the molecule is CC1(C)C(O)CC1Nc1nc(Cl)nc2nc[nH]c12. The van der Waals surface area contributed by atoms with Crippen molar-refractivity contribution in [1.29, 1.82) is 0 Å². The van der Waals surface area contributed by atoms with E-state index in [9.17, 15) is 5.11 Å². The number of rotatable bonds is 2. The number of anilines is 1. The van der Waals surface area contributed by atoms with Crippen molar-refractivity contribution < 1.29 is 5.11 Å². The summed E-state index contributed by atoms with van der Waals surface area (Å²) in [4.78, 5) is 15.2. The molecular formula is C11H14ClN5O. The van der Waals surface area contributed by atoms with Crippen LogP contribution >= 0.6 is 11.6 Å². The number of hydrogen-bond acceptors (Lipinski definition) is 5. The summed E-state index contributed by atoms with van der Waals surface area (Å²) < 4.78 is 0. The van der Waals surface area contributed by atoms with Crippen LogP contribution in [0.3, 0.4) is 0 Å². The van der Waals surface area contributed by atoms with Gasteiger partial charge in [-0.05, 0) is 18.0 Å². The fourth-order valence-electron chi connectivity index (χ4n) is 2.22. The molecule has 96 valence electrons. The summed E-state index contributed by atoms with van der Waals surface area (Å²) in [6, 6.07) is 0.157. The molecule has 0 bridgehead atoms. The largest absolute Gasteiger partial charge is 0.392 e. The molecule has 2 aromatic heterocycles. The van der Waals surface area contributed by atoms with Crippen LogP contribution in [0.2, 0.25) is 5.28 Å². The second kappa shape index (κ2) is 3.80. The predicted molar refractivity (Wildman–Crippen MR) is 68.5 cm³/mol. The Morgan fingerprint density at radius 3 is 2.94 bits per heavy atom. The summed E-state index contributed by atoms with van der Waals surface area (Å²) in [7, 11) is 0. The highest BCUT2D eigenvalue weighted by Gasteiger charge is 2.47. The van der Waals surface area contributed by atoms with E-state index in [0.717, 1.165) is 5.52 Å². The number of aliphatic hydroxyl groups excluding tert-OH is 1. The van der Waals surface area contributed by atoms with Crippen LogP contribution in [-0.2, 0) is 0 Å². The molecule has 2 unspecified atom stereocenters. The number of aromatic nitrogens is 4. The van der Waals surface area contributed by atoms with Gasteiger partial charge in [-0.15, -0.1) is 0 Å². The minimum Gasteiger partial charge on any atom is -0.392 e. The summed E-state index contributed by atoms with van der Waals surface area (Å²) in [5.74, 6) is 0.632. The van der Waals surface area contributed by atoms with Gasteiger partial charge in [0.05, 0.1) is 12.4 Å². The van der Waals surface area contributed by atoms with Crippen molar-refractivity contribution in [3.8, 4) is 0 Å². The van der Waals surface area contributed by atoms with Gasteiger partial charge in [-0.25, -0.2) is 4.98 Å². The van der Waals surface area contributed by atoms with Crippen LogP contribution in [0.1, 0.15) is 20.3 Å². The molecular weight excluding hydrogens is 254 g/mol. The Hall–Kier alpha value is -1.40.